The summed E-state index contributed by atoms with van der Waals surface area (Å²) in [6.07, 6.45) is 3.23. The predicted octanol–water partition coefficient (Wildman–Crippen LogP) is 2.95. The van der Waals surface area contributed by atoms with E-state index >= 15 is 0 Å². The molecule has 0 fully saturated rings. The zero-order valence-corrected chi connectivity index (χ0v) is 17.3. The third-order valence-corrected chi connectivity index (χ3v) is 3.86. The summed E-state index contributed by atoms with van der Waals surface area (Å²) in [4.78, 5) is 8.17. The predicted molar refractivity (Wildman–Crippen MR) is 114 cm³/mol. The van der Waals surface area contributed by atoms with Crippen molar-refractivity contribution in [3.8, 4) is 0 Å². The van der Waals surface area contributed by atoms with E-state index in [4.69, 9.17) is 0 Å². The van der Waals surface area contributed by atoms with Crippen LogP contribution in [0.5, 0.6) is 0 Å². The van der Waals surface area contributed by atoms with Gasteiger partial charge in [-0.3, -0.25) is 4.99 Å². The molecular weight excluding hydrogens is 458 g/mol. The Hall–Kier alpha value is -2.49. The number of guanidine groups is 1. The van der Waals surface area contributed by atoms with Crippen molar-refractivity contribution in [1.82, 2.24) is 25.4 Å². The van der Waals surface area contributed by atoms with Gasteiger partial charge in [0.15, 0.2) is 5.96 Å². The van der Waals surface area contributed by atoms with Gasteiger partial charge < -0.3 is 10.6 Å². The van der Waals surface area contributed by atoms with Crippen molar-refractivity contribution in [3.63, 3.8) is 0 Å². The molecule has 0 radical (unpaired) electrons. The second-order valence-electron chi connectivity index (χ2n) is 5.82. The largest absolute Gasteiger partial charge is 0.352 e. The molecule has 0 atom stereocenters. The highest BCUT2D eigenvalue weighted by Crippen LogP contribution is 2.07. The van der Waals surface area contributed by atoms with Crippen molar-refractivity contribution in [3.05, 3.63) is 83.7 Å². The molecule has 0 aliphatic heterocycles. The lowest BCUT2D eigenvalue weighted by atomic mass is 10.1. The third kappa shape index (κ3) is 6.63. The maximum absolute atomic E-state index is 12.9. The Balaban J connectivity index is 0.00000261. The molecular formula is C19H22FIN6. The first-order valence-corrected chi connectivity index (χ1v) is 8.32. The van der Waals surface area contributed by atoms with Gasteiger partial charge in [0.25, 0.3) is 0 Å². The molecule has 0 saturated heterocycles. The van der Waals surface area contributed by atoms with Crippen molar-refractivity contribution in [2.24, 2.45) is 4.99 Å². The lowest BCUT2D eigenvalue weighted by molar-refractivity contribution is 0.626. The molecule has 3 aromatic rings. The Bertz CT molecular complexity index is 849. The van der Waals surface area contributed by atoms with Crippen molar-refractivity contribution < 1.29 is 4.39 Å². The molecule has 3 rings (SSSR count). The van der Waals surface area contributed by atoms with E-state index in [1.807, 2.05) is 6.07 Å². The first-order chi connectivity index (χ1) is 12.7. The van der Waals surface area contributed by atoms with Crippen LogP contribution in [-0.2, 0) is 19.6 Å². The molecule has 0 aliphatic rings. The quantitative estimate of drug-likeness (QED) is 0.324. The van der Waals surface area contributed by atoms with E-state index in [0.29, 0.717) is 25.6 Å². The van der Waals surface area contributed by atoms with Crippen LogP contribution in [0.2, 0.25) is 0 Å². The zero-order chi connectivity index (χ0) is 18.2. The number of aliphatic imine (C=N–C) groups is 1. The molecule has 2 aromatic carbocycles. The average Bonchev–Trinajstić information content (AvgIpc) is 3.16. The van der Waals surface area contributed by atoms with E-state index in [1.54, 1.807) is 30.2 Å². The lowest BCUT2D eigenvalue weighted by Crippen LogP contribution is -2.36. The van der Waals surface area contributed by atoms with Gasteiger partial charge in [-0.05, 0) is 28.8 Å². The number of nitrogens with zero attached hydrogens (tertiary/aromatic N) is 4. The molecule has 0 bridgehead atoms. The topological polar surface area (TPSA) is 67.1 Å². The minimum absolute atomic E-state index is 0. The van der Waals surface area contributed by atoms with E-state index in [1.165, 1.54) is 18.5 Å². The number of halogens is 2. The summed E-state index contributed by atoms with van der Waals surface area (Å²) in [5, 5.41) is 10.6. The molecule has 0 amide bonds. The molecule has 142 valence electrons. The van der Waals surface area contributed by atoms with Gasteiger partial charge in [0.05, 0.1) is 6.54 Å². The van der Waals surface area contributed by atoms with Crippen molar-refractivity contribution in [2.45, 2.75) is 19.6 Å². The molecule has 1 aromatic heterocycles. The molecule has 0 aliphatic carbocycles. The Morgan fingerprint density at radius 1 is 1.04 bits per heavy atom. The van der Waals surface area contributed by atoms with Crippen molar-refractivity contribution in [2.75, 3.05) is 7.05 Å². The lowest BCUT2D eigenvalue weighted by Gasteiger charge is -2.12. The minimum Gasteiger partial charge on any atom is -0.352 e. The Labute approximate surface area is 175 Å². The van der Waals surface area contributed by atoms with E-state index < -0.39 is 0 Å². The molecule has 0 unspecified atom stereocenters. The molecule has 1 heterocycles. The third-order valence-electron chi connectivity index (χ3n) is 3.86. The molecule has 0 spiro atoms. The smallest absolute Gasteiger partial charge is 0.191 e. The highest BCUT2D eigenvalue weighted by atomic mass is 127. The number of hydrogen-bond acceptors (Lipinski definition) is 3. The summed E-state index contributed by atoms with van der Waals surface area (Å²) in [5.74, 6) is 0.457. The first kappa shape index (κ1) is 20.8. The fourth-order valence-electron chi connectivity index (χ4n) is 2.53. The Kier molecular flexibility index (Phi) is 8.18. The average molecular weight is 480 g/mol. The summed E-state index contributed by atoms with van der Waals surface area (Å²) in [6, 6.07) is 14.7. The van der Waals surface area contributed by atoms with E-state index in [9.17, 15) is 4.39 Å². The van der Waals surface area contributed by atoms with Crippen LogP contribution in [0.15, 0.2) is 66.2 Å². The summed E-state index contributed by atoms with van der Waals surface area (Å²) in [7, 11) is 1.72. The fraction of sp³-hybridized carbons (Fsp3) is 0.211. The van der Waals surface area contributed by atoms with Gasteiger partial charge >= 0.3 is 0 Å². The van der Waals surface area contributed by atoms with Crippen LogP contribution >= 0.6 is 24.0 Å². The number of nitrogens with one attached hydrogen (secondary N) is 2. The van der Waals surface area contributed by atoms with Crippen molar-refractivity contribution >= 4 is 29.9 Å². The SMILES string of the molecule is CN=C(NCc1ccc(F)cc1)NCc1cccc(Cn2cncn2)c1.I. The molecule has 6 nitrogen and oxygen atoms in total. The second-order valence-corrected chi connectivity index (χ2v) is 5.82. The van der Waals surface area contributed by atoms with E-state index in [2.05, 4.69) is 43.9 Å². The maximum Gasteiger partial charge on any atom is 0.191 e. The molecule has 27 heavy (non-hydrogen) atoms. The summed E-state index contributed by atoms with van der Waals surface area (Å²) >= 11 is 0. The molecule has 8 heteroatoms. The fourth-order valence-corrected chi connectivity index (χ4v) is 2.53. The van der Waals surface area contributed by atoms with E-state index in [-0.39, 0.29) is 29.8 Å². The van der Waals surface area contributed by atoms with Crippen LogP contribution in [0.25, 0.3) is 0 Å². The maximum atomic E-state index is 12.9. The van der Waals surface area contributed by atoms with E-state index in [0.717, 1.165) is 16.7 Å². The number of benzene rings is 2. The van der Waals surface area contributed by atoms with Crippen LogP contribution in [0.4, 0.5) is 4.39 Å². The van der Waals surface area contributed by atoms with Gasteiger partial charge in [0, 0.05) is 20.1 Å². The summed E-state index contributed by atoms with van der Waals surface area (Å²) < 4.78 is 14.7. The van der Waals surface area contributed by atoms with Crippen LogP contribution in [0.1, 0.15) is 16.7 Å². The van der Waals surface area contributed by atoms with Gasteiger partial charge in [-0.15, -0.1) is 24.0 Å². The number of rotatable bonds is 6. The number of aromatic nitrogens is 3. The monoisotopic (exact) mass is 480 g/mol. The standard InChI is InChI=1S/C19H21FN6.HI/c1-21-19(23-10-15-5-7-18(20)8-6-15)24-11-16-3-2-4-17(9-16)12-26-14-22-13-25-26;/h2-9,13-14H,10-12H2,1H3,(H2,21,23,24);1H. The van der Waals surface area contributed by atoms with Crippen LogP contribution in [-0.4, -0.2) is 27.8 Å². The van der Waals surface area contributed by atoms with Crippen molar-refractivity contribution in [1.29, 1.82) is 0 Å². The van der Waals surface area contributed by atoms with Gasteiger partial charge in [-0.25, -0.2) is 14.1 Å². The molecule has 0 saturated carbocycles. The molecule has 2 N–H and O–H groups in total. The van der Waals surface area contributed by atoms with Crippen LogP contribution < -0.4 is 10.6 Å². The van der Waals surface area contributed by atoms with Crippen LogP contribution in [0, 0.1) is 5.82 Å². The minimum atomic E-state index is -0.234. The van der Waals surface area contributed by atoms with Gasteiger partial charge in [-0.1, -0.05) is 36.4 Å². The highest BCUT2D eigenvalue weighted by Gasteiger charge is 2.02. The highest BCUT2D eigenvalue weighted by molar-refractivity contribution is 14.0. The van der Waals surface area contributed by atoms with Gasteiger partial charge in [0.2, 0.25) is 0 Å². The Morgan fingerprint density at radius 2 is 1.74 bits per heavy atom. The second kappa shape index (κ2) is 10.6. The van der Waals surface area contributed by atoms with Gasteiger partial charge in [-0.2, -0.15) is 5.10 Å². The zero-order valence-electron chi connectivity index (χ0n) is 15.0. The normalized spacial score (nSPS) is 11.0. The number of hydrogen-bond donors (Lipinski definition) is 2. The summed E-state index contributed by atoms with van der Waals surface area (Å²) in [5.41, 5.74) is 3.29. The summed E-state index contributed by atoms with van der Waals surface area (Å²) in [6.45, 7) is 1.91. The first-order valence-electron chi connectivity index (χ1n) is 8.32. The van der Waals surface area contributed by atoms with Crippen LogP contribution in [0.3, 0.4) is 0 Å². The van der Waals surface area contributed by atoms with Gasteiger partial charge in [0.1, 0.15) is 18.5 Å². The Morgan fingerprint density at radius 3 is 2.41 bits per heavy atom.